The highest BCUT2D eigenvalue weighted by Gasteiger charge is 2.11. The maximum Gasteiger partial charge on any atom is 0.250 e. The number of nitrogens with one attached hydrogen (secondary N) is 1. The number of anilines is 1. The number of halogens is 2. The van der Waals surface area contributed by atoms with E-state index in [1.54, 1.807) is 18.2 Å². The van der Waals surface area contributed by atoms with Gasteiger partial charge < -0.3 is 11.1 Å². The van der Waals surface area contributed by atoms with E-state index < -0.39 is 5.91 Å². The topological polar surface area (TPSA) is 55.1 Å². The van der Waals surface area contributed by atoms with Crippen molar-refractivity contribution in [1.29, 1.82) is 0 Å². The molecule has 3 nitrogen and oxygen atoms in total. The Morgan fingerprint density at radius 1 is 1.15 bits per heavy atom. The number of hydrogen-bond donors (Lipinski definition) is 2. The molecule has 0 saturated heterocycles. The molecule has 1 unspecified atom stereocenters. The third kappa shape index (κ3) is 3.24. The van der Waals surface area contributed by atoms with Crippen molar-refractivity contribution in [2.24, 2.45) is 5.73 Å². The lowest BCUT2D eigenvalue weighted by atomic mass is 10.1. The number of nitrogens with two attached hydrogens (primary N) is 1. The highest BCUT2D eigenvalue weighted by molar-refractivity contribution is 6.34. The lowest BCUT2D eigenvalue weighted by Crippen LogP contribution is -2.12. The summed E-state index contributed by atoms with van der Waals surface area (Å²) in [6, 6.07) is 12.7. The van der Waals surface area contributed by atoms with Gasteiger partial charge in [0.15, 0.2) is 0 Å². The van der Waals surface area contributed by atoms with E-state index in [-0.39, 0.29) is 6.04 Å². The van der Waals surface area contributed by atoms with Crippen LogP contribution in [0.3, 0.4) is 0 Å². The first-order chi connectivity index (χ1) is 9.49. The average molecular weight is 309 g/mol. The zero-order chi connectivity index (χ0) is 14.7. The Labute approximate surface area is 127 Å². The molecule has 0 aliphatic carbocycles. The standard InChI is InChI=1S/C15H14Cl2N2O/c1-9(11-4-2-3-5-13(11)16)19-10-6-7-12(15(18)20)14(17)8-10/h2-9,19H,1H3,(H2,18,20). The Kier molecular flexibility index (Phi) is 4.53. The van der Waals surface area contributed by atoms with Crippen LogP contribution < -0.4 is 11.1 Å². The number of rotatable bonds is 4. The van der Waals surface area contributed by atoms with Crippen molar-refractivity contribution < 1.29 is 4.79 Å². The van der Waals surface area contributed by atoms with Crippen molar-refractivity contribution >= 4 is 34.8 Å². The van der Waals surface area contributed by atoms with Crippen LogP contribution >= 0.6 is 23.2 Å². The maximum absolute atomic E-state index is 11.1. The molecular weight excluding hydrogens is 295 g/mol. The van der Waals surface area contributed by atoms with Crippen molar-refractivity contribution in [1.82, 2.24) is 0 Å². The predicted molar refractivity (Wildman–Crippen MR) is 83.5 cm³/mol. The fourth-order valence-corrected chi connectivity index (χ4v) is 2.53. The summed E-state index contributed by atoms with van der Waals surface area (Å²) in [5, 5.41) is 4.31. The summed E-state index contributed by atoms with van der Waals surface area (Å²) in [6.45, 7) is 2.00. The lowest BCUT2D eigenvalue weighted by molar-refractivity contribution is 0.100. The third-order valence-corrected chi connectivity index (χ3v) is 3.65. The molecule has 2 rings (SSSR count). The number of carbonyl (C=O) groups excluding carboxylic acids is 1. The normalized spacial score (nSPS) is 11.9. The molecule has 1 atom stereocenters. The average Bonchev–Trinajstić information content (AvgIpc) is 2.38. The summed E-state index contributed by atoms with van der Waals surface area (Å²) in [7, 11) is 0. The van der Waals surface area contributed by atoms with Gasteiger partial charge in [0, 0.05) is 16.8 Å². The first-order valence-electron chi connectivity index (χ1n) is 6.09. The fraction of sp³-hybridized carbons (Fsp3) is 0.133. The van der Waals surface area contributed by atoms with Crippen LogP contribution in [0.2, 0.25) is 10.0 Å². The van der Waals surface area contributed by atoms with Gasteiger partial charge in [-0.3, -0.25) is 4.79 Å². The maximum atomic E-state index is 11.1. The second kappa shape index (κ2) is 6.16. The molecule has 2 aromatic rings. The molecule has 2 aromatic carbocycles. The number of primary amides is 1. The Balaban J connectivity index is 2.20. The van der Waals surface area contributed by atoms with Gasteiger partial charge in [-0.1, -0.05) is 41.4 Å². The summed E-state index contributed by atoms with van der Waals surface area (Å²) < 4.78 is 0. The van der Waals surface area contributed by atoms with Crippen LogP contribution in [0.5, 0.6) is 0 Å². The molecular formula is C15H14Cl2N2O. The zero-order valence-electron chi connectivity index (χ0n) is 10.9. The molecule has 0 spiro atoms. The zero-order valence-corrected chi connectivity index (χ0v) is 12.4. The number of amides is 1. The van der Waals surface area contributed by atoms with E-state index in [1.807, 2.05) is 31.2 Å². The van der Waals surface area contributed by atoms with Gasteiger partial charge in [0.25, 0.3) is 0 Å². The van der Waals surface area contributed by atoms with Crippen LogP contribution in [0.4, 0.5) is 5.69 Å². The summed E-state index contributed by atoms with van der Waals surface area (Å²) in [5.41, 5.74) is 7.31. The molecule has 0 saturated carbocycles. The van der Waals surface area contributed by atoms with Crippen molar-refractivity contribution in [2.45, 2.75) is 13.0 Å². The highest BCUT2D eigenvalue weighted by Crippen LogP contribution is 2.27. The monoisotopic (exact) mass is 308 g/mol. The van der Waals surface area contributed by atoms with Gasteiger partial charge in [0.1, 0.15) is 0 Å². The van der Waals surface area contributed by atoms with Gasteiger partial charge in [0.05, 0.1) is 10.6 Å². The molecule has 0 fully saturated rings. The van der Waals surface area contributed by atoms with Crippen molar-refractivity contribution in [3.63, 3.8) is 0 Å². The van der Waals surface area contributed by atoms with Crippen molar-refractivity contribution in [2.75, 3.05) is 5.32 Å². The molecule has 1 amide bonds. The molecule has 3 N–H and O–H groups in total. The van der Waals surface area contributed by atoms with Gasteiger partial charge >= 0.3 is 0 Å². The van der Waals surface area contributed by atoms with Crippen LogP contribution in [-0.2, 0) is 0 Å². The minimum atomic E-state index is -0.541. The van der Waals surface area contributed by atoms with Crippen LogP contribution in [0.15, 0.2) is 42.5 Å². The van der Waals surface area contributed by atoms with E-state index >= 15 is 0 Å². The van der Waals surface area contributed by atoms with E-state index in [1.165, 1.54) is 0 Å². The number of carbonyl (C=O) groups is 1. The van der Waals surface area contributed by atoms with Gasteiger partial charge in [-0.2, -0.15) is 0 Å². The first-order valence-corrected chi connectivity index (χ1v) is 6.85. The fourth-order valence-electron chi connectivity index (χ4n) is 1.96. The van der Waals surface area contributed by atoms with Gasteiger partial charge in [-0.05, 0) is 36.8 Å². The Morgan fingerprint density at radius 3 is 2.45 bits per heavy atom. The molecule has 0 aromatic heterocycles. The van der Waals surface area contributed by atoms with E-state index in [9.17, 15) is 4.79 Å². The molecule has 20 heavy (non-hydrogen) atoms. The molecule has 0 bridgehead atoms. The van der Waals surface area contributed by atoms with Gasteiger partial charge in [-0.25, -0.2) is 0 Å². The summed E-state index contributed by atoms with van der Waals surface area (Å²) >= 11 is 12.2. The van der Waals surface area contributed by atoms with Gasteiger partial charge in [-0.15, -0.1) is 0 Å². The quantitative estimate of drug-likeness (QED) is 0.886. The van der Waals surface area contributed by atoms with E-state index in [0.29, 0.717) is 15.6 Å². The largest absolute Gasteiger partial charge is 0.378 e. The smallest absolute Gasteiger partial charge is 0.250 e. The first kappa shape index (κ1) is 14.7. The van der Waals surface area contributed by atoms with Crippen LogP contribution in [0, 0.1) is 0 Å². The summed E-state index contributed by atoms with van der Waals surface area (Å²) in [4.78, 5) is 11.1. The number of benzene rings is 2. The summed E-state index contributed by atoms with van der Waals surface area (Å²) in [6.07, 6.45) is 0. The van der Waals surface area contributed by atoms with E-state index in [2.05, 4.69) is 5.32 Å². The van der Waals surface area contributed by atoms with Crippen molar-refractivity contribution in [3.05, 3.63) is 63.6 Å². The van der Waals surface area contributed by atoms with E-state index in [0.717, 1.165) is 11.3 Å². The SMILES string of the molecule is CC(Nc1ccc(C(N)=O)c(Cl)c1)c1ccccc1Cl. The van der Waals surface area contributed by atoms with Crippen LogP contribution in [0.25, 0.3) is 0 Å². The second-order valence-electron chi connectivity index (χ2n) is 4.45. The molecule has 5 heteroatoms. The summed E-state index contributed by atoms with van der Waals surface area (Å²) in [5.74, 6) is -0.541. The minimum Gasteiger partial charge on any atom is -0.378 e. The molecule has 0 aliphatic heterocycles. The highest BCUT2D eigenvalue weighted by atomic mass is 35.5. The molecule has 0 aliphatic rings. The minimum absolute atomic E-state index is 0.0131. The van der Waals surface area contributed by atoms with Crippen molar-refractivity contribution in [3.8, 4) is 0 Å². The van der Waals surface area contributed by atoms with Gasteiger partial charge in [0.2, 0.25) is 5.91 Å². The van der Waals surface area contributed by atoms with Crippen LogP contribution in [0.1, 0.15) is 28.9 Å². The molecule has 0 heterocycles. The molecule has 104 valence electrons. The Bertz CT molecular complexity index is 644. The lowest BCUT2D eigenvalue weighted by Gasteiger charge is -2.17. The second-order valence-corrected chi connectivity index (χ2v) is 5.26. The number of hydrogen-bond acceptors (Lipinski definition) is 2. The third-order valence-electron chi connectivity index (χ3n) is 2.99. The van der Waals surface area contributed by atoms with Crippen LogP contribution in [-0.4, -0.2) is 5.91 Å². The van der Waals surface area contributed by atoms with E-state index in [4.69, 9.17) is 28.9 Å². The predicted octanol–water partition coefficient (Wildman–Crippen LogP) is 4.27. The molecule has 0 radical (unpaired) electrons. The Hall–Kier alpha value is -1.71. The Morgan fingerprint density at radius 2 is 1.85 bits per heavy atom.